The Hall–Kier alpha value is -6.46. The van der Waals surface area contributed by atoms with Crippen molar-refractivity contribution in [1.29, 1.82) is 0 Å². The third-order valence-corrected chi connectivity index (χ3v) is 12.0. The number of hydrogen-bond donors (Lipinski definition) is 0. The molecule has 1 aromatic heterocycles. The summed E-state index contributed by atoms with van der Waals surface area (Å²) in [5.74, 6) is 2.92. The minimum atomic E-state index is -0.584. The number of para-hydroxylation sites is 1. The van der Waals surface area contributed by atoms with Crippen molar-refractivity contribution in [3.8, 4) is 22.6 Å². The molecule has 2 aliphatic heterocycles. The van der Waals surface area contributed by atoms with E-state index in [2.05, 4.69) is 211 Å². The van der Waals surface area contributed by atoms with Crippen LogP contribution < -0.4 is 9.64 Å². The van der Waals surface area contributed by atoms with E-state index in [9.17, 15) is 0 Å². The first-order valence-electron chi connectivity index (χ1n) is 20.6. The topological polar surface area (TPSA) is 47.0 Å². The average Bonchev–Trinajstić information content (AvgIpc) is 3.56. The molecule has 2 aliphatic rings. The van der Waals surface area contributed by atoms with Gasteiger partial charge in [-0.2, -0.15) is 0 Å². The monoisotopic (exact) mass is 773 g/mol. The van der Waals surface area contributed by atoms with Gasteiger partial charge in [0, 0.05) is 29.2 Å². The Morgan fingerprint density at radius 3 is 1.88 bits per heavy atom. The van der Waals surface area contributed by atoms with Crippen LogP contribution in [0.5, 0.6) is 11.5 Å². The standard InChI is InChI=1S/C54H51N3O2/c1-52(2,3)41-29-30-55-48(34-41)57-46-26-18-17-25-44(46)53(4,5)45-28-27-42(35-47(45)57)58-43-32-39(36-19-11-8-12-20-36)31-40(33-43)51-56-50(54(6,7)59-51)49(37-21-13-9-14-22-37)38-23-15-10-16-24-38/h8-35,49-50H,1-7H3/t50-/m1/s1. The van der Waals surface area contributed by atoms with Crippen LogP contribution in [0, 0.1) is 0 Å². The van der Waals surface area contributed by atoms with Gasteiger partial charge in [0.15, 0.2) is 0 Å². The predicted octanol–water partition coefficient (Wildman–Crippen LogP) is 13.7. The van der Waals surface area contributed by atoms with E-state index in [1.807, 2.05) is 12.3 Å². The van der Waals surface area contributed by atoms with Crippen LogP contribution in [0.1, 0.15) is 87.8 Å². The molecule has 59 heavy (non-hydrogen) atoms. The van der Waals surface area contributed by atoms with Crippen LogP contribution in [0.4, 0.5) is 17.2 Å². The zero-order valence-electron chi connectivity index (χ0n) is 35.0. The Morgan fingerprint density at radius 1 is 0.593 bits per heavy atom. The number of benzene rings is 6. The zero-order valence-corrected chi connectivity index (χ0v) is 35.0. The number of fused-ring (bicyclic) bond motifs is 2. The van der Waals surface area contributed by atoms with Crippen molar-refractivity contribution in [2.45, 2.75) is 76.9 Å². The van der Waals surface area contributed by atoms with Crippen molar-refractivity contribution < 1.29 is 9.47 Å². The molecule has 0 bridgehead atoms. The van der Waals surface area contributed by atoms with Crippen LogP contribution in [0.25, 0.3) is 11.1 Å². The first kappa shape index (κ1) is 38.1. The van der Waals surface area contributed by atoms with Crippen LogP contribution in [0.2, 0.25) is 0 Å². The molecule has 0 saturated carbocycles. The third kappa shape index (κ3) is 7.20. The zero-order chi connectivity index (χ0) is 40.9. The summed E-state index contributed by atoms with van der Waals surface area (Å²) in [6.07, 6.45) is 1.93. The highest BCUT2D eigenvalue weighted by Gasteiger charge is 2.45. The SMILES string of the molecule is CC(C)(C)c1ccnc(N2c3ccccc3C(C)(C)c3ccc(Oc4cc(C5=N[C@H](C(c6ccccc6)c6ccccc6)C(C)(C)O5)cc(-c5ccccc5)c4)cc32)c1. The first-order chi connectivity index (χ1) is 28.4. The molecule has 294 valence electrons. The summed E-state index contributed by atoms with van der Waals surface area (Å²) in [5.41, 5.74) is 10.4. The molecule has 1 atom stereocenters. The molecule has 0 amide bonds. The molecule has 0 fully saturated rings. The van der Waals surface area contributed by atoms with Gasteiger partial charge in [0.05, 0.1) is 11.4 Å². The second-order valence-electron chi connectivity index (χ2n) is 17.9. The lowest BCUT2D eigenvalue weighted by Crippen LogP contribution is -2.38. The second-order valence-corrected chi connectivity index (χ2v) is 17.9. The third-order valence-electron chi connectivity index (χ3n) is 12.0. The summed E-state index contributed by atoms with van der Waals surface area (Å²) in [5, 5.41) is 0. The highest BCUT2D eigenvalue weighted by Crippen LogP contribution is 2.53. The Morgan fingerprint density at radius 2 is 1.20 bits per heavy atom. The van der Waals surface area contributed by atoms with E-state index in [4.69, 9.17) is 19.5 Å². The van der Waals surface area contributed by atoms with Crippen molar-refractivity contribution in [2.24, 2.45) is 4.99 Å². The molecular weight excluding hydrogens is 723 g/mol. The molecule has 0 radical (unpaired) electrons. The van der Waals surface area contributed by atoms with E-state index in [0.29, 0.717) is 11.6 Å². The van der Waals surface area contributed by atoms with Gasteiger partial charge in [-0.15, -0.1) is 0 Å². The second kappa shape index (κ2) is 14.7. The summed E-state index contributed by atoms with van der Waals surface area (Å²) in [7, 11) is 0. The van der Waals surface area contributed by atoms with Crippen LogP contribution >= 0.6 is 0 Å². The van der Waals surface area contributed by atoms with Crippen LogP contribution in [0.15, 0.2) is 175 Å². The van der Waals surface area contributed by atoms with Crippen molar-refractivity contribution in [3.05, 3.63) is 203 Å². The predicted molar refractivity (Wildman–Crippen MR) is 242 cm³/mol. The van der Waals surface area contributed by atoms with Crippen molar-refractivity contribution in [1.82, 2.24) is 4.98 Å². The highest BCUT2D eigenvalue weighted by atomic mass is 16.5. The van der Waals surface area contributed by atoms with Gasteiger partial charge in [0.2, 0.25) is 5.90 Å². The van der Waals surface area contributed by atoms with E-state index in [1.165, 1.54) is 27.8 Å². The van der Waals surface area contributed by atoms with Gasteiger partial charge in [-0.25, -0.2) is 9.98 Å². The minimum absolute atomic E-state index is 0.00401. The lowest BCUT2D eigenvalue weighted by atomic mass is 9.73. The fraction of sp³-hybridized carbons (Fsp3) is 0.222. The maximum absolute atomic E-state index is 6.93. The van der Waals surface area contributed by atoms with Crippen LogP contribution in [-0.2, 0) is 15.6 Å². The molecule has 0 spiro atoms. The van der Waals surface area contributed by atoms with Crippen LogP contribution in [0.3, 0.4) is 0 Å². The Bertz CT molecular complexity index is 2620. The lowest BCUT2D eigenvalue weighted by Gasteiger charge is -2.41. The van der Waals surface area contributed by atoms with E-state index < -0.39 is 5.60 Å². The van der Waals surface area contributed by atoms with E-state index in [-0.39, 0.29) is 22.8 Å². The molecule has 6 aromatic carbocycles. The molecule has 5 nitrogen and oxygen atoms in total. The Kier molecular flexibility index (Phi) is 9.51. The number of nitrogens with zero attached hydrogens (tertiary/aromatic N) is 3. The Balaban J connectivity index is 1.15. The van der Waals surface area contributed by atoms with E-state index in [0.717, 1.165) is 39.6 Å². The summed E-state index contributed by atoms with van der Waals surface area (Å²) in [4.78, 5) is 12.7. The van der Waals surface area contributed by atoms with Crippen molar-refractivity contribution in [3.63, 3.8) is 0 Å². The van der Waals surface area contributed by atoms with E-state index in [1.54, 1.807) is 0 Å². The number of aliphatic imine (C=N–C) groups is 1. The number of ether oxygens (including phenoxy) is 2. The summed E-state index contributed by atoms with van der Waals surface area (Å²) in [6, 6.07) is 57.4. The average molecular weight is 774 g/mol. The number of anilines is 3. The maximum Gasteiger partial charge on any atom is 0.217 e. The molecule has 0 N–H and O–H groups in total. The van der Waals surface area contributed by atoms with Crippen molar-refractivity contribution in [2.75, 3.05) is 4.90 Å². The smallest absolute Gasteiger partial charge is 0.217 e. The molecule has 7 aromatic rings. The molecule has 9 rings (SSSR count). The first-order valence-corrected chi connectivity index (χ1v) is 20.6. The molecule has 0 unspecified atom stereocenters. The molecular formula is C54H51N3O2. The molecule has 5 heteroatoms. The van der Waals surface area contributed by atoms with Gasteiger partial charge < -0.3 is 9.47 Å². The van der Waals surface area contributed by atoms with Gasteiger partial charge in [0.25, 0.3) is 0 Å². The number of pyridine rings is 1. The summed E-state index contributed by atoms with van der Waals surface area (Å²) >= 11 is 0. The van der Waals surface area contributed by atoms with Gasteiger partial charge in [-0.05, 0) is 101 Å². The maximum atomic E-state index is 6.93. The molecule has 3 heterocycles. The highest BCUT2D eigenvalue weighted by molar-refractivity contribution is 5.97. The van der Waals surface area contributed by atoms with Gasteiger partial charge in [-0.1, -0.05) is 150 Å². The van der Waals surface area contributed by atoms with Gasteiger partial charge in [0.1, 0.15) is 29.0 Å². The van der Waals surface area contributed by atoms with E-state index >= 15 is 0 Å². The lowest BCUT2D eigenvalue weighted by molar-refractivity contribution is 0.0916. The fourth-order valence-corrected chi connectivity index (χ4v) is 8.83. The Labute approximate surface area is 349 Å². The fourth-order valence-electron chi connectivity index (χ4n) is 8.83. The van der Waals surface area contributed by atoms with Crippen LogP contribution in [-0.4, -0.2) is 22.5 Å². The van der Waals surface area contributed by atoms with Crippen molar-refractivity contribution >= 4 is 23.1 Å². The number of aromatic nitrogens is 1. The summed E-state index contributed by atoms with van der Waals surface area (Å²) in [6.45, 7) is 15.6. The number of rotatable bonds is 8. The molecule has 0 saturated heterocycles. The van der Waals surface area contributed by atoms with Gasteiger partial charge in [-0.3, -0.25) is 4.90 Å². The summed E-state index contributed by atoms with van der Waals surface area (Å²) < 4.78 is 13.8. The molecule has 0 aliphatic carbocycles. The quantitative estimate of drug-likeness (QED) is 0.154. The normalized spacial score (nSPS) is 16.5. The number of hydrogen-bond acceptors (Lipinski definition) is 5. The largest absolute Gasteiger partial charge is 0.469 e. The van der Waals surface area contributed by atoms with Gasteiger partial charge >= 0.3 is 0 Å². The minimum Gasteiger partial charge on any atom is -0.469 e.